The van der Waals surface area contributed by atoms with Gasteiger partial charge in [0.05, 0.1) is 0 Å². The van der Waals surface area contributed by atoms with Gasteiger partial charge in [0, 0.05) is 30.7 Å². The van der Waals surface area contributed by atoms with Gasteiger partial charge in [0.25, 0.3) is 0 Å². The molecule has 130 valence electrons. The van der Waals surface area contributed by atoms with Gasteiger partial charge in [-0.3, -0.25) is 9.59 Å². The van der Waals surface area contributed by atoms with Crippen LogP contribution in [0.5, 0.6) is 0 Å². The molecule has 1 saturated heterocycles. The summed E-state index contributed by atoms with van der Waals surface area (Å²) < 4.78 is 0. The summed E-state index contributed by atoms with van der Waals surface area (Å²) in [6.45, 7) is 3.95. The molecule has 0 aliphatic carbocycles. The van der Waals surface area contributed by atoms with Crippen LogP contribution in [0, 0.1) is 6.92 Å². The fourth-order valence-corrected chi connectivity index (χ4v) is 2.88. The number of hydrogen-bond donors (Lipinski definition) is 2. The Morgan fingerprint density at radius 1 is 0.960 bits per heavy atom. The predicted molar refractivity (Wildman–Crippen MR) is 98.7 cm³/mol. The van der Waals surface area contributed by atoms with E-state index in [4.69, 9.17) is 0 Å². The number of carbonyl (C=O) groups is 2. The number of rotatable bonds is 3. The Kier molecular flexibility index (Phi) is 5.28. The van der Waals surface area contributed by atoms with Crippen molar-refractivity contribution in [3.63, 3.8) is 0 Å². The summed E-state index contributed by atoms with van der Waals surface area (Å²) in [6.07, 6.45) is 5.28. The molecule has 25 heavy (non-hydrogen) atoms. The lowest BCUT2D eigenvalue weighted by Crippen LogP contribution is -2.30. The third-order valence-corrected chi connectivity index (χ3v) is 4.29. The molecule has 1 aromatic carbocycles. The number of benzene rings is 1. The molecule has 2 amide bonds. The van der Waals surface area contributed by atoms with E-state index in [9.17, 15) is 9.59 Å². The number of aromatic nitrogens is 1. The van der Waals surface area contributed by atoms with Crippen LogP contribution in [0.3, 0.4) is 0 Å². The zero-order valence-corrected chi connectivity index (χ0v) is 14.3. The molecular weight excluding hydrogens is 316 g/mol. The van der Waals surface area contributed by atoms with E-state index in [2.05, 4.69) is 20.5 Å². The minimum atomic E-state index is -0.734. The van der Waals surface area contributed by atoms with E-state index in [1.54, 1.807) is 12.3 Å². The van der Waals surface area contributed by atoms with Crippen molar-refractivity contribution in [2.24, 2.45) is 0 Å². The maximum atomic E-state index is 12.1. The Hall–Kier alpha value is -2.89. The molecule has 0 bridgehead atoms. The fourth-order valence-electron chi connectivity index (χ4n) is 2.88. The minimum absolute atomic E-state index is 0.392. The van der Waals surface area contributed by atoms with Crippen LogP contribution in [0.1, 0.15) is 24.8 Å². The molecule has 1 fully saturated rings. The van der Waals surface area contributed by atoms with Gasteiger partial charge in [-0.25, -0.2) is 4.98 Å². The number of nitrogens with one attached hydrogen (secondary N) is 2. The van der Waals surface area contributed by atoms with Crippen molar-refractivity contribution in [3.05, 3.63) is 48.2 Å². The van der Waals surface area contributed by atoms with Crippen molar-refractivity contribution in [3.8, 4) is 0 Å². The van der Waals surface area contributed by atoms with E-state index in [0.29, 0.717) is 11.5 Å². The van der Waals surface area contributed by atoms with Crippen molar-refractivity contribution < 1.29 is 9.59 Å². The van der Waals surface area contributed by atoms with Crippen molar-refractivity contribution in [1.29, 1.82) is 0 Å². The second-order valence-corrected chi connectivity index (χ2v) is 6.17. The highest BCUT2D eigenvalue weighted by molar-refractivity contribution is 6.43. The van der Waals surface area contributed by atoms with Crippen LogP contribution >= 0.6 is 0 Å². The zero-order chi connectivity index (χ0) is 17.6. The number of piperidine rings is 1. The van der Waals surface area contributed by atoms with E-state index in [1.165, 1.54) is 19.3 Å². The van der Waals surface area contributed by atoms with Crippen LogP contribution < -0.4 is 15.5 Å². The molecule has 2 aromatic rings. The average molecular weight is 338 g/mol. The normalized spacial score (nSPS) is 14.0. The van der Waals surface area contributed by atoms with Gasteiger partial charge in [-0.05, 0) is 62.1 Å². The number of pyridine rings is 1. The molecule has 3 rings (SSSR count). The van der Waals surface area contributed by atoms with E-state index >= 15 is 0 Å². The third kappa shape index (κ3) is 4.35. The van der Waals surface area contributed by atoms with Gasteiger partial charge in [-0.15, -0.1) is 0 Å². The third-order valence-electron chi connectivity index (χ3n) is 4.29. The molecule has 2 heterocycles. The molecular formula is C19H22N4O2. The second-order valence-electron chi connectivity index (χ2n) is 6.17. The number of hydrogen-bond acceptors (Lipinski definition) is 4. The molecule has 1 aliphatic heterocycles. The quantitative estimate of drug-likeness (QED) is 0.844. The van der Waals surface area contributed by atoms with Crippen molar-refractivity contribution in [2.75, 3.05) is 28.6 Å². The Bertz CT molecular complexity index is 752. The number of aryl methyl sites for hydroxylation is 1. The van der Waals surface area contributed by atoms with Gasteiger partial charge < -0.3 is 15.5 Å². The van der Waals surface area contributed by atoms with Crippen LogP contribution in [0.15, 0.2) is 42.6 Å². The summed E-state index contributed by atoms with van der Waals surface area (Å²) in [4.78, 5) is 30.5. The van der Waals surface area contributed by atoms with Crippen molar-refractivity contribution in [2.45, 2.75) is 26.2 Å². The lowest BCUT2D eigenvalue weighted by Gasteiger charge is -2.28. The first-order valence-corrected chi connectivity index (χ1v) is 8.52. The molecule has 1 aromatic heterocycles. The van der Waals surface area contributed by atoms with Gasteiger partial charge in [0.15, 0.2) is 0 Å². The molecule has 0 spiro atoms. The van der Waals surface area contributed by atoms with Crippen LogP contribution in [-0.2, 0) is 9.59 Å². The summed E-state index contributed by atoms with van der Waals surface area (Å²) in [5.74, 6) is -1.05. The summed E-state index contributed by atoms with van der Waals surface area (Å²) in [7, 11) is 0. The van der Waals surface area contributed by atoms with Crippen molar-refractivity contribution in [1.82, 2.24) is 4.98 Å². The van der Waals surface area contributed by atoms with Gasteiger partial charge in [0.1, 0.15) is 5.82 Å². The summed E-state index contributed by atoms with van der Waals surface area (Å²) in [5.41, 5.74) is 2.54. The first-order valence-electron chi connectivity index (χ1n) is 8.52. The smallest absolute Gasteiger partial charge is 0.315 e. The molecule has 0 unspecified atom stereocenters. The summed E-state index contributed by atoms with van der Waals surface area (Å²) >= 11 is 0. The largest absolute Gasteiger partial charge is 0.372 e. The maximum Gasteiger partial charge on any atom is 0.315 e. The van der Waals surface area contributed by atoms with E-state index in [1.807, 2.05) is 37.3 Å². The topological polar surface area (TPSA) is 74.3 Å². The fraction of sp³-hybridized carbons (Fsp3) is 0.316. The van der Waals surface area contributed by atoms with Gasteiger partial charge in [-0.2, -0.15) is 0 Å². The van der Waals surface area contributed by atoms with Crippen molar-refractivity contribution >= 4 is 29.0 Å². The standard InChI is InChI=1S/C19H22N4O2/c1-14-6-5-11-20-17(14)22-19(25)18(24)21-15-7-9-16(10-8-15)23-12-3-2-4-13-23/h5-11H,2-4,12-13H2,1H3,(H,21,24)(H,20,22,25). The summed E-state index contributed by atoms with van der Waals surface area (Å²) in [5, 5.41) is 5.14. The zero-order valence-electron chi connectivity index (χ0n) is 14.3. The molecule has 0 saturated carbocycles. The number of anilines is 3. The molecule has 6 heteroatoms. The first kappa shape index (κ1) is 17.0. The molecule has 0 atom stereocenters. The molecule has 2 N–H and O–H groups in total. The van der Waals surface area contributed by atoms with E-state index in [-0.39, 0.29) is 0 Å². The van der Waals surface area contributed by atoms with Gasteiger partial charge in [-0.1, -0.05) is 6.07 Å². The van der Waals surface area contributed by atoms with Gasteiger partial charge >= 0.3 is 11.8 Å². The van der Waals surface area contributed by atoms with Crippen LogP contribution in [0.4, 0.5) is 17.2 Å². The van der Waals surface area contributed by atoms with E-state index in [0.717, 1.165) is 24.3 Å². The molecule has 1 aliphatic rings. The number of amides is 2. The average Bonchev–Trinajstić information content (AvgIpc) is 2.65. The van der Waals surface area contributed by atoms with E-state index < -0.39 is 11.8 Å². The second kappa shape index (κ2) is 7.79. The highest BCUT2D eigenvalue weighted by Gasteiger charge is 2.16. The van der Waals surface area contributed by atoms with Gasteiger partial charge in [0.2, 0.25) is 0 Å². The highest BCUT2D eigenvalue weighted by Crippen LogP contribution is 2.21. The number of nitrogens with zero attached hydrogens (tertiary/aromatic N) is 2. The maximum absolute atomic E-state index is 12.1. The lowest BCUT2D eigenvalue weighted by atomic mass is 10.1. The Labute approximate surface area is 147 Å². The monoisotopic (exact) mass is 338 g/mol. The lowest BCUT2D eigenvalue weighted by molar-refractivity contribution is -0.133. The summed E-state index contributed by atoms with van der Waals surface area (Å²) in [6, 6.07) is 11.2. The Balaban J connectivity index is 1.58. The minimum Gasteiger partial charge on any atom is -0.372 e. The first-order chi connectivity index (χ1) is 12.1. The Morgan fingerprint density at radius 3 is 2.32 bits per heavy atom. The highest BCUT2D eigenvalue weighted by atomic mass is 16.2. The predicted octanol–water partition coefficient (Wildman–Crippen LogP) is 2.96. The molecule has 6 nitrogen and oxygen atoms in total. The molecule has 0 radical (unpaired) electrons. The Morgan fingerprint density at radius 2 is 1.64 bits per heavy atom. The van der Waals surface area contributed by atoms with Crippen LogP contribution in [-0.4, -0.2) is 29.9 Å². The number of carbonyl (C=O) groups excluding carboxylic acids is 2. The van der Waals surface area contributed by atoms with Crippen LogP contribution in [0.2, 0.25) is 0 Å². The SMILES string of the molecule is Cc1cccnc1NC(=O)C(=O)Nc1ccc(N2CCCCC2)cc1. The van der Waals surface area contributed by atoms with Crippen LogP contribution in [0.25, 0.3) is 0 Å².